The van der Waals surface area contributed by atoms with Crippen molar-refractivity contribution in [3.05, 3.63) is 40.9 Å². The fraction of sp³-hybridized carbons (Fsp3) is 0.333. The van der Waals surface area contributed by atoms with Crippen molar-refractivity contribution in [3.63, 3.8) is 0 Å². The minimum absolute atomic E-state index is 0.0885. The Morgan fingerprint density at radius 1 is 1.43 bits per heavy atom. The molecule has 148 valence electrons. The van der Waals surface area contributed by atoms with E-state index in [2.05, 4.69) is 31.3 Å². The van der Waals surface area contributed by atoms with Crippen LogP contribution in [0.5, 0.6) is 0 Å². The van der Waals surface area contributed by atoms with Gasteiger partial charge in [0.2, 0.25) is 11.7 Å². The number of hydrogen-bond acceptors (Lipinski definition) is 5. The number of aliphatic imine (C=N–C) groups is 1. The van der Waals surface area contributed by atoms with Gasteiger partial charge in [-0.2, -0.15) is 5.10 Å². The third kappa shape index (κ3) is 4.82. The summed E-state index contributed by atoms with van der Waals surface area (Å²) >= 11 is 3.05. The van der Waals surface area contributed by atoms with Gasteiger partial charge in [0.15, 0.2) is 5.84 Å². The molecule has 0 radical (unpaired) electrons. The highest BCUT2D eigenvalue weighted by Crippen LogP contribution is 2.37. The quantitative estimate of drug-likeness (QED) is 0.355. The number of carbonyl (C=O) groups excluding carboxylic acids is 2. The van der Waals surface area contributed by atoms with Gasteiger partial charge in [-0.15, -0.1) is 0 Å². The van der Waals surface area contributed by atoms with Gasteiger partial charge < -0.3 is 5.32 Å². The highest BCUT2D eigenvalue weighted by atomic mass is 79.9. The second-order valence-corrected chi connectivity index (χ2v) is 7.58. The highest BCUT2D eigenvalue weighted by Gasteiger charge is 2.37. The van der Waals surface area contributed by atoms with Crippen LogP contribution < -0.4 is 10.8 Å². The number of nitrogens with zero attached hydrogens (tertiary/aromatic N) is 3. The Bertz CT molecular complexity index is 924. The first-order chi connectivity index (χ1) is 13.4. The van der Waals surface area contributed by atoms with Gasteiger partial charge in [-0.1, -0.05) is 0 Å². The predicted octanol–water partition coefficient (Wildman–Crippen LogP) is 2.95. The summed E-state index contributed by atoms with van der Waals surface area (Å²) in [6, 6.07) is 4.02. The number of halogens is 2. The molecule has 1 fully saturated rings. The molecule has 0 spiro atoms. The maximum atomic E-state index is 13.3. The van der Waals surface area contributed by atoms with Crippen LogP contribution >= 0.6 is 15.9 Å². The van der Waals surface area contributed by atoms with Crippen molar-refractivity contribution >= 4 is 44.8 Å². The molecule has 0 bridgehead atoms. The summed E-state index contributed by atoms with van der Waals surface area (Å²) in [4.78, 5) is 28.6. The molecule has 1 aliphatic rings. The normalized spacial score (nSPS) is 19.1. The van der Waals surface area contributed by atoms with Gasteiger partial charge >= 0.3 is 0 Å². The lowest BCUT2D eigenvalue weighted by Gasteiger charge is -2.33. The molecule has 1 aromatic carbocycles. The molecule has 0 atom stereocenters. The Hall–Kier alpha value is -2.59. The fourth-order valence-corrected chi connectivity index (χ4v) is 3.46. The van der Waals surface area contributed by atoms with Crippen LogP contribution in [0.4, 0.5) is 15.8 Å². The molecule has 1 amide bonds. The topological polar surface area (TPSA) is 109 Å². The maximum absolute atomic E-state index is 13.3. The first-order valence-electron chi connectivity index (χ1n) is 8.62. The Morgan fingerprint density at radius 2 is 2.18 bits per heavy atom. The van der Waals surface area contributed by atoms with Crippen LogP contribution in [-0.2, 0) is 16.6 Å². The number of amides is 1. The number of ketones is 1. The number of nitrogens with one attached hydrogen (secondary N) is 2. The van der Waals surface area contributed by atoms with E-state index in [4.69, 9.17) is 0 Å². The molecule has 28 heavy (non-hydrogen) atoms. The number of rotatable bonds is 6. The van der Waals surface area contributed by atoms with Crippen molar-refractivity contribution < 1.29 is 19.2 Å². The van der Waals surface area contributed by atoms with E-state index in [9.17, 15) is 19.2 Å². The summed E-state index contributed by atoms with van der Waals surface area (Å²) in [5, 5.41) is 16.0. The summed E-state index contributed by atoms with van der Waals surface area (Å²) in [6.07, 6.45) is 4.64. The van der Waals surface area contributed by atoms with Crippen LogP contribution in [0.2, 0.25) is 0 Å². The van der Waals surface area contributed by atoms with Crippen molar-refractivity contribution in [2.75, 3.05) is 5.32 Å². The molecule has 1 aliphatic carbocycles. The van der Waals surface area contributed by atoms with E-state index in [-0.39, 0.29) is 33.8 Å². The first-order valence-corrected chi connectivity index (χ1v) is 9.41. The van der Waals surface area contributed by atoms with Crippen molar-refractivity contribution in [2.45, 2.75) is 19.3 Å². The van der Waals surface area contributed by atoms with E-state index in [0.717, 1.165) is 0 Å². The molecular formula is C18H19BrFN5O3. The smallest absolute Gasteiger partial charge is 0.224 e. The minimum atomic E-state index is -0.449. The van der Waals surface area contributed by atoms with Crippen molar-refractivity contribution in [2.24, 2.45) is 23.9 Å². The summed E-state index contributed by atoms with van der Waals surface area (Å²) in [5.41, 5.74) is 2.78. The van der Waals surface area contributed by atoms with E-state index in [1.165, 1.54) is 18.2 Å². The summed E-state index contributed by atoms with van der Waals surface area (Å²) in [5.74, 6) is -1.36. The molecule has 8 nitrogen and oxygen atoms in total. The number of benzene rings is 1. The van der Waals surface area contributed by atoms with Crippen molar-refractivity contribution in [1.82, 2.24) is 15.3 Å². The number of anilines is 1. The van der Waals surface area contributed by atoms with Crippen molar-refractivity contribution in [3.8, 4) is 0 Å². The van der Waals surface area contributed by atoms with E-state index in [1.807, 2.05) is 5.48 Å². The van der Waals surface area contributed by atoms with Gasteiger partial charge in [0.25, 0.3) is 0 Å². The van der Waals surface area contributed by atoms with Gasteiger partial charge in [0.05, 0.1) is 22.0 Å². The number of aryl methyl sites for hydroxylation is 1. The first kappa shape index (κ1) is 20.2. The van der Waals surface area contributed by atoms with Gasteiger partial charge in [-0.05, 0) is 52.9 Å². The largest absolute Gasteiger partial charge is 0.323 e. The minimum Gasteiger partial charge on any atom is -0.323 e. The molecule has 3 rings (SSSR count). The third-order valence-electron chi connectivity index (χ3n) is 4.55. The molecule has 1 saturated carbocycles. The average Bonchev–Trinajstić information content (AvgIpc) is 3.02. The van der Waals surface area contributed by atoms with Gasteiger partial charge in [0.1, 0.15) is 5.82 Å². The Morgan fingerprint density at radius 3 is 2.79 bits per heavy atom. The Balaban J connectivity index is 1.53. The fourth-order valence-electron chi connectivity index (χ4n) is 3.09. The van der Waals surface area contributed by atoms with Gasteiger partial charge in [0, 0.05) is 25.6 Å². The number of hydrogen-bond donors (Lipinski definition) is 3. The molecule has 10 heteroatoms. The summed E-state index contributed by atoms with van der Waals surface area (Å²) < 4.78 is 15.1. The predicted molar refractivity (Wildman–Crippen MR) is 104 cm³/mol. The maximum Gasteiger partial charge on any atom is 0.224 e. The van der Waals surface area contributed by atoms with E-state index < -0.39 is 5.82 Å². The molecule has 1 aromatic heterocycles. The zero-order chi connectivity index (χ0) is 20.3. The molecular weight excluding hydrogens is 433 g/mol. The Labute approximate surface area is 168 Å². The van der Waals surface area contributed by atoms with Crippen LogP contribution in [-0.4, -0.2) is 32.5 Å². The Kier molecular flexibility index (Phi) is 6.20. The van der Waals surface area contributed by atoms with Gasteiger partial charge in [-0.25, -0.2) is 14.9 Å². The lowest BCUT2D eigenvalue weighted by atomic mass is 9.71. The second-order valence-electron chi connectivity index (χ2n) is 6.72. The zero-order valence-corrected chi connectivity index (χ0v) is 16.6. The van der Waals surface area contributed by atoms with Crippen LogP contribution in [0.1, 0.15) is 19.3 Å². The van der Waals surface area contributed by atoms with E-state index in [1.54, 1.807) is 24.1 Å². The van der Waals surface area contributed by atoms with E-state index >= 15 is 0 Å². The second kappa shape index (κ2) is 8.61. The molecule has 0 unspecified atom stereocenters. The molecule has 0 aliphatic heterocycles. The standard InChI is InChI=1S/C18H19BrFN5O3/c1-25-9-13(8-21-25)22-16(26)6-10-4-11(5-10)17(27)18(24-28)23-12-2-3-15(20)14(19)7-12/h2-3,7-11,28H,4-6H2,1H3,(H,22,26)(H,23,24). The summed E-state index contributed by atoms with van der Waals surface area (Å²) in [6.45, 7) is 0. The number of amidine groups is 1. The number of aromatic nitrogens is 2. The molecule has 1 heterocycles. The van der Waals surface area contributed by atoms with E-state index in [0.29, 0.717) is 30.6 Å². The summed E-state index contributed by atoms with van der Waals surface area (Å²) in [7, 11) is 1.76. The highest BCUT2D eigenvalue weighted by molar-refractivity contribution is 9.10. The molecule has 3 N–H and O–H groups in total. The molecule has 2 aromatic rings. The monoisotopic (exact) mass is 451 g/mol. The molecule has 0 saturated heterocycles. The van der Waals surface area contributed by atoms with Gasteiger partial charge in [-0.3, -0.25) is 19.5 Å². The van der Waals surface area contributed by atoms with Crippen LogP contribution in [0.3, 0.4) is 0 Å². The lowest BCUT2D eigenvalue weighted by Crippen LogP contribution is -2.40. The van der Waals surface area contributed by atoms with Crippen molar-refractivity contribution in [1.29, 1.82) is 0 Å². The van der Waals surface area contributed by atoms with Crippen LogP contribution in [0.15, 0.2) is 40.1 Å². The number of hydroxylamine groups is 1. The number of carbonyl (C=O) groups is 2. The SMILES string of the molecule is Cn1cc(NC(=O)CC2CC(C(=O)C(=Nc3ccc(F)c(Br)c3)NO)C2)cn1. The van der Waals surface area contributed by atoms with Crippen LogP contribution in [0, 0.1) is 17.7 Å². The number of Topliss-reactive ketones (excluding diaryl/α,β-unsaturated/α-hetero) is 1. The average molecular weight is 452 g/mol. The third-order valence-corrected chi connectivity index (χ3v) is 5.16. The lowest BCUT2D eigenvalue weighted by molar-refractivity contribution is -0.124. The van der Waals surface area contributed by atoms with Crippen LogP contribution in [0.25, 0.3) is 0 Å². The zero-order valence-electron chi connectivity index (χ0n) is 15.0.